The number of esters is 1. The molecular formula is C19H20Cl2N2O4. The Morgan fingerprint density at radius 2 is 1.93 bits per heavy atom. The summed E-state index contributed by atoms with van der Waals surface area (Å²) in [5, 5.41) is 15.6. The smallest absolute Gasteiger partial charge is 0.338 e. The fraction of sp³-hybridized carbons (Fsp3) is 0.316. The first kappa shape index (κ1) is 21.0. The molecule has 2 aromatic rings. The summed E-state index contributed by atoms with van der Waals surface area (Å²) in [6.45, 7) is 6.19. The third-order valence-electron chi connectivity index (χ3n) is 4.09. The highest BCUT2D eigenvalue weighted by Gasteiger charge is 2.25. The van der Waals surface area contributed by atoms with Crippen molar-refractivity contribution in [3.8, 4) is 0 Å². The molecule has 2 rings (SSSR count). The van der Waals surface area contributed by atoms with Crippen LogP contribution in [0.2, 0.25) is 10.0 Å². The Bertz CT molecular complexity index is 869. The highest BCUT2D eigenvalue weighted by Crippen LogP contribution is 2.33. The monoisotopic (exact) mass is 410 g/mol. The molecule has 144 valence electrons. The van der Waals surface area contributed by atoms with Crippen molar-refractivity contribution in [1.29, 1.82) is 0 Å². The lowest BCUT2D eigenvalue weighted by molar-refractivity contribution is -0.384. The minimum Gasteiger partial charge on any atom is -0.462 e. The molecule has 27 heavy (non-hydrogen) atoms. The van der Waals surface area contributed by atoms with Crippen LogP contribution < -0.4 is 5.32 Å². The molecule has 1 N–H and O–H groups in total. The van der Waals surface area contributed by atoms with Gasteiger partial charge in [-0.2, -0.15) is 0 Å². The second kappa shape index (κ2) is 8.59. The van der Waals surface area contributed by atoms with E-state index < -0.39 is 16.3 Å². The number of rotatable bonds is 7. The summed E-state index contributed by atoms with van der Waals surface area (Å²) in [4.78, 5) is 22.7. The number of halogens is 2. The average molecular weight is 411 g/mol. The maximum atomic E-state index is 11.8. The predicted octanol–water partition coefficient (Wildman–Crippen LogP) is 5.47. The van der Waals surface area contributed by atoms with Gasteiger partial charge in [-0.15, -0.1) is 0 Å². The van der Waals surface area contributed by atoms with Gasteiger partial charge >= 0.3 is 5.97 Å². The maximum absolute atomic E-state index is 11.8. The summed E-state index contributed by atoms with van der Waals surface area (Å²) < 4.78 is 4.89. The van der Waals surface area contributed by atoms with Gasteiger partial charge in [-0.05, 0) is 36.8 Å². The van der Waals surface area contributed by atoms with E-state index in [1.54, 1.807) is 19.1 Å². The summed E-state index contributed by atoms with van der Waals surface area (Å²) in [6.07, 6.45) is 0. The van der Waals surface area contributed by atoms with Crippen LogP contribution in [0.4, 0.5) is 11.4 Å². The molecule has 0 aliphatic heterocycles. The van der Waals surface area contributed by atoms with Crippen molar-refractivity contribution >= 4 is 40.5 Å². The number of hydrogen-bond acceptors (Lipinski definition) is 5. The lowest BCUT2D eigenvalue weighted by atomic mass is 9.84. The van der Waals surface area contributed by atoms with Gasteiger partial charge in [0.2, 0.25) is 0 Å². The molecule has 0 aliphatic rings. The topological polar surface area (TPSA) is 81.5 Å². The molecule has 0 fully saturated rings. The second-order valence-electron chi connectivity index (χ2n) is 6.57. The van der Waals surface area contributed by atoms with Crippen LogP contribution in [0.5, 0.6) is 0 Å². The third kappa shape index (κ3) is 5.11. The van der Waals surface area contributed by atoms with E-state index in [-0.39, 0.29) is 17.9 Å². The number of nitrogens with one attached hydrogen (secondary N) is 1. The number of carbonyl (C=O) groups is 1. The summed E-state index contributed by atoms with van der Waals surface area (Å²) in [5.74, 6) is -0.597. The van der Waals surface area contributed by atoms with E-state index in [9.17, 15) is 14.9 Å². The average Bonchev–Trinajstić information content (AvgIpc) is 2.59. The van der Waals surface area contributed by atoms with Crippen molar-refractivity contribution < 1.29 is 14.5 Å². The van der Waals surface area contributed by atoms with Crippen molar-refractivity contribution in [2.75, 3.05) is 18.5 Å². The maximum Gasteiger partial charge on any atom is 0.338 e. The molecule has 0 radical (unpaired) electrons. The van der Waals surface area contributed by atoms with E-state index in [0.29, 0.717) is 22.3 Å². The Hall–Kier alpha value is -2.31. The number of nitro benzene ring substituents is 1. The van der Waals surface area contributed by atoms with E-state index in [2.05, 4.69) is 5.32 Å². The van der Waals surface area contributed by atoms with Crippen molar-refractivity contribution in [2.45, 2.75) is 26.2 Å². The third-order valence-corrected chi connectivity index (χ3v) is 4.63. The van der Waals surface area contributed by atoms with Gasteiger partial charge in [0, 0.05) is 28.1 Å². The highest BCUT2D eigenvalue weighted by molar-refractivity contribution is 6.35. The van der Waals surface area contributed by atoms with Gasteiger partial charge in [-0.25, -0.2) is 4.79 Å². The Kier molecular flexibility index (Phi) is 6.68. The molecule has 2 aromatic carbocycles. The van der Waals surface area contributed by atoms with Crippen molar-refractivity contribution in [2.24, 2.45) is 0 Å². The molecule has 6 nitrogen and oxygen atoms in total. The first-order valence-corrected chi connectivity index (χ1v) is 9.06. The number of carbonyl (C=O) groups excluding carboxylic acids is 1. The molecule has 0 saturated heterocycles. The molecule has 0 amide bonds. The molecule has 0 bridgehead atoms. The van der Waals surface area contributed by atoms with E-state index in [0.717, 1.165) is 5.56 Å². The van der Waals surface area contributed by atoms with Gasteiger partial charge in [0.25, 0.3) is 5.69 Å². The molecule has 0 unspecified atom stereocenters. The predicted molar refractivity (Wildman–Crippen MR) is 107 cm³/mol. The van der Waals surface area contributed by atoms with Gasteiger partial charge in [0.15, 0.2) is 0 Å². The molecule has 0 aliphatic carbocycles. The largest absolute Gasteiger partial charge is 0.462 e. The normalized spacial score (nSPS) is 11.1. The molecule has 0 aromatic heterocycles. The van der Waals surface area contributed by atoms with E-state index >= 15 is 0 Å². The van der Waals surface area contributed by atoms with Crippen molar-refractivity contribution in [3.05, 3.63) is 67.7 Å². The summed E-state index contributed by atoms with van der Waals surface area (Å²) in [7, 11) is 0. The van der Waals surface area contributed by atoms with Crippen LogP contribution in [0.1, 0.15) is 36.7 Å². The zero-order valence-corrected chi connectivity index (χ0v) is 16.7. The van der Waals surface area contributed by atoms with Gasteiger partial charge < -0.3 is 10.1 Å². The fourth-order valence-corrected chi connectivity index (χ4v) is 3.29. The summed E-state index contributed by atoms with van der Waals surface area (Å²) in [6, 6.07) is 9.46. The Balaban J connectivity index is 2.25. The van der Waals surface area contributed by atoms with Gasteiger partial charge in [0.1, 0.15) is 5.69 Å². The first-order valence-electron chi connectivity index (χ1n) is 8.30. The van der Waals surface area contributed by atoms with E-state index in [4.69, 9.17) is 27.9 Å². The minimum atomic E-state index is -0.597. The van der Waals surface area contributed by atoms with Crippen molar-refractivity contribution in [3.63, 3.8) is 0 Å². The number of nitro groups is 1. The summed E-state index contributed by atoms with van der Waals surface area (Å²) in [5.41, 5.74) is 0.695. The Morgan fingerprint density at radius 1 is 1.22 bits per heavy atom. The fourth-order valence-electron chi connectivity index (χ4n) is 2.62. The highest BCUT2D eigenvalue weighted by atomic mass is 35.5. The molecule has 0 spiro atoms. The zero-order valence-electron chi connectivity index (χ0n) is 15.2. The molecule has 0 saturated carbocycles. The lowest BCUT2D eigenvalue weighted by Gasteiger charge is -2.27. The van der Waals surface area contributed by atoms with Crippen LogP contribution in [-0.2, 0) is 10.2 Å². The van der Waals surface area contributed by atoms with Gasteiger partial charge in [0.05, 0.1) is 17.1 Å². The lowest BCUT2D eigenvalue weighted by Crippen LogP contribution is -2.28. The molecular weight excluding hydrogens is 391 g/mol. The van der Waals surface area contributed by atoms with Crippen LogP contribution in [0.15, 0.2) is 36.4 Å². The molecule has 0 heterocycles. The van der Waals surface area contributed by atoms with Crippen LogP contribution in [-0.4, -0.2) is 24.0 Å². The number of ether oxygens (including phenoxy) is 1. The SMILES string of the molecule is CCOC(=O)c1ccc(NCC(C)(C)c2ccc(Cl)cc2Cl)c([N+](=O)[O-])c1. The molecule has 0 atom stereocenters. The number of anilines is 1. The standard InChI is InChI=1S/C19H20Cl2N2O4/c1-4-27-18(24)12-5-8-16(17(9-12)23(25)26)22-11-19(2,3)14-7-6-13(20)10-15(14)21/h5-10,22H,4,11H2,1-3H3. The first-order chi connectivity index (χ1) is 12.7. The number of benzene rings is 2. The van der Waals surface area contributed by atoms with E-state index in [1.807, 2.05) is 19.9 Å². The number of nitrogens with zero attached hydrogens (tertiary/aromatic N) is 1. The minimum absolute atomic E-state index is 0.133. The quantitative estimate of drug-likeness (QED) is 0.371. The number of hydrogen-bond donors (Lipinski definition) is 1. The Labute approximate surface area is 167 Å². The van der Waals surface area contributed by atoms with E-state index in [1.165, 1.54) is 18.2 Å². The van der Waals surface area contributed by atoms with Gasteiger partial charge in [-0.1, -0.05) is 43.1 Å². The van der Waals surface area contributed by atoms with Crippen LogP contribution >= 0.6 is 23.2 Å². The van der Waals surface area contributed by atoms with Crippen molar-refractivity contribution in [1.82, 2.24) is 0 Å². The summed E-state index contributed by atoms with van der Waals surface area (Å²) >= 11 is 12.2. The van der Waals surface area contributed by atoms with Crippen LogP contribution in [0.25, 0.3) is 0 Å². The Morgan fingerprint density at radius 3 is 2.52 bits per heavy atom. The molecule has 8 heteroatoms. The van der Waals surface area contributed by atoms with Crippen LogP contribution in [0, 0.1) is 10.1 Å². The van der Waals surface area contributed by atoms with Crippen LogP contribution in [0.3, 0.4) is 0 Å². The zero-order chi connectivity index (χ0) is 20.2. The van der Waals surface area contributed by atoms with Gasteiger partial charge in [-0.3, -0.25) is 10.1 Å². The second-order valence-corrected chi connectivity index (χ2v) is 7.41.